The van der Waals surface area contributed by atoms with Gasteiger partial charge in [-0.05, 0) is 51.3 Å². The van der Waals surface area contributed by atoms with Crippen LogP contribution in [-0.2, 0) is 9.47 Å². The van der Waals surface area contributed by atoms with Gasteiger partial charge in [-0.25, -0.2) is 4.98 Å². The Hall–Kier alpha value is -2.95. The molecule has 4 nitrogen and oxygen atoms in total. The first-order chi connectivity index (χ1) is 14.4. The van der Waals surface area contributed by atoms with Gasteiger partial charge >= 0.3 is 0 Å². The van der Waals surface area contributed by atoms with Crippen LogP contribution in [-0.4, -0.2) is 20.6 Å². The normalized spacial score (nSPS) is 18.8. The molecule has 0 aliphatic carbocycles. The Morgan fingerprint density at radius 3 is 2.17 bits per heavy atom. The predicted molar refractivity (Wildman–Crippen MR) is 121 cm³/mol. The molecule has 2 aromatic heterocycles. The number of aromatic nitrogens is 2. The van der Waals surface area contributed by atoms with Crippen molar-refractivity contribution in [1.29, 1.82) is 0 Å². The van der Waals surface area contributed by atoms with E-state index in [0.29, 0.717) is 0 Å². The van der Waals surface area contributed by atoms with Gasteiger partial charge in [0.1, 0.15) is 5.65 Å². The zero-order valence-corrected chi connectivity index (χ0v) is 17.6. The van der Waals surface area contributed by atoms with Gasteiger partial charge in [0.2, 0.25) is 0 Å². The number of hydrogen-bond acceptors (Lipinski definition) is 3. The Morgan fingerprint density at radius 1 is 0.733 bits per heavy atom. The van der Waals surface area contributed by atoms with Crippen molar-refractivity contribution in [3.63, 3.8) is 0 Å². The average molecular weight is 396 g/mol. The highest BCUT2D eigenvalue weighted by Crippen LogP contribution is 2.45. The molecule has 0 spiro atoms. The third-order valence-electron chi connectivity index (χ3n) is 6.81. The first kappa shape index (κ1) is 17.9. The summed E-state index contributed by atoms with van der Waals surface area (Å²) in [6.07, 6.45) is -0.393. The first-order valence-corrected chi connectivity index (χ1v) is 10.4. The fourth-order valence-electron chi connectivity index (χ4n) is 4.45. The van der Waals surface area contributed by atoms with Gasteiger partial charge in [0.15, 0.2) is 6.29 Å². The molecule has 0 amide bonds. The lowest BCUT2D eigenvalue weighted by Crippen LogP contribution is -2.41. The zero-order chi connectivity index (χ0) is 20.7. The number of rotatable bonds is 1. The van der Waals surface area contributed by atoms with Crippen molar-refractivity contribution in [3.8, 4) is 0 Å². The molecule has 0 bridgehead atoms. The third-order valence-corrected chi connectivity index (χ3v) is 6.81. The lowest BCUT2D eigenvalue weighted by molar-refractivity contribution is -0.0895. The maximum absolute atomic E-state index is 6.32. The topological polar surface area (TPSA) is 35.8 Å². The molecule has 1 saturated heterocycles. The standard InChI is InChI=1S/C26H24N2O2/c1-25(2)26(3,4)30-24(29-25)16-13-14-18-17-9-5-6-10-19(17)23-27-20-11-7-8-12-21(20)28(23)22(18)15-16/h5-15,24H,1-4H3. The minimum atomic E-state index is -0.393. The SMILES string of the molecule is CC1(C)OC(c2ccc3c4ccccc4c4nc5ccccc5n4c3c2)OC1(C)C. The van der Waals surface area contributed by atoms with Crippen LogP contribution in [0.5, 0.6) is 0 Å². The van der Waals surface area contributed by atoms with Crippen LogP contribution in [0.4, 0.5) is 0 Å². The third kappa shape index (κ3) is 2.32. The molecule has 150 valence electrons. The minimum absolute atomic E-state index is 0.368. The van der Waals surface area contributed by atoms with Crippen molar-refractivity contribution >= 4 is 38.4 Å². The van der Waals surface area contributed by atoms with Crippen LogP contribution in [0.3, 0.4) is 0 Å². The summed E-state index contributed by atoms with van der Waals surface area (Å²) in [5, 5.41) is 3.56. The molecule has 0 N–H and O–H groups in total. The van der Waals surface area contributed by atoms with Crippen LogP contribution in [0, 0.1) is 0 Å². The van der Waals surface area contributed by atoms with Crippen molar-refractivity contribution in [2.24, 2.45) is 0 Å². The van der Waals surface area contributed by atoms with Crippen LogP contribution in [0.2, 0.25) is 0 Å². The highest BCUT2D eigenvalue weighted by atomic mass is 16.7. The Bertz CT molecular complexity index is 1450. The molecule has 5 aromatic rings. The zero-order valence-electron chi connectivity index (χ0n) is 17.6. The summed E-state index contributed by atoms with van der Waals surface area (Å²) in [6, 6.07) is 23.3. The van der Waals surface area contributed by atoms with Crippen LogP contribution in [0.15, 0.2) is 66.7 Å². The summed E-state index contributed by atoms with van der Waals surface area (Å²) in [7, 11) is 0. The molecular weight excluding hydrogens is 372 g/mol. The number of nitrogens with zero attached hydrogens (tertiary/aromatic N) is 2. The van der Waals surface area contributed by atoms with Gasteiger partial charge in [0, 0.05) is 16.3 Å². The number of pyridine rings is 1. The summed E-state index contributed by atoms with van der Waals surface area (Å²) >= 11 is 0. The maximum atomic E-state index is 6.32. The summed E-state index contributed by atoms with van der Waals surface area (Å²) < 4.78 is 14.9. The van der Waals surface area contributed by atoms with Crippen LogP contribution >= 0.6 is 0 Å². The molecule has 0 saturated carbocycles. The molecule has 0 unspecified atom stereocenters. The molecule has 3 heterocycles. The lowest BCUT2D eigenvalue weighted by atomic mass is 9.90. The fourth-order valence-corrected chi connectivity index (χ4v) is 4.45. The second kappa shape index (κ2) is 5.81. The molecule has 1 aliphatic heterocycles. The maximum Gasteiger partial charge on any atom is 0.185 e. The average Bonchev–Trinajstić information content (AvgIpc) is 3.22. The molecule has 6 rings (SSSR count). The van der Waals surface area contributed by atoms with E-state index in [-0.39, 0.29) is 11.2 Å². The van der Waals surface area contributed by atoms with E-state index >= 15 is 0 Å². The van der Waals surface area contributed by atoms with Crippen LogP contribution < -0.4 is 0 Å². The fraction of sp³-hybridized carbons (Fsp3) is 0.269. The highest BCUT2D eigenvalue weighted by molar-refractivity contribution is 6.13. The van der Waals surface area contributed by atoms with Gasteiger partial charge in [-0.1, -0.05) is 48.5 Å². The van der Waals surface area contributed by atoms with E-state index in [1.165, 1.54) is 10.8 Å². The van der Waals surface area contributed by atoms with Crippen molar-refractivity contribution in [3.05, 3.63) is 72.3 Å². The quantitative estimate of drug-likeness (QED) is 0.308. The summed E-state index contributed by atoms with van der Waals surface area (Å²) in [4.78, 5) is 4.97. The van der Waals surface area contributed by atoms with Crippen molar-refractivity contribution < 1.29 is 9.47 Å². The highest BCUT2D eigenvalue weighted by Gasteiger charge is 2.49. The predicted octanol–water partition coefficient (Wildman–Crippen LogP) is 6.40. The Labute approximate surface area is 175 Å². The largest absolute Gasteiger partial charge is 0.339 e. The molecule has 4 heteroatoms. The monoisotopic (exact) mass is 396 g/mol. The van der Waals surface area contributed by atoms with E-state index in [0.717, 1.165) is 33.1 Å². The van der Waals surface area contributed by atoms with E-state index < -0.39 is 6.29 Å². The van der Waals surface area contributed by atoms with E-state index in [1.54, 1.807) is 0 Å². The summed E-state index contributed by atoms with van der Waals surface area (Å²) in [5.41, 5.74) is 4.48. The second-order valence-corrected chi connectivity index (χ2v) is 9.17. The van der Waals surface area contributed by atoms with E-state index in [2.05, 4.69) is 92.8 Å². The number of benzene rings is 3. The number of fused-ring (bicyclic) bond motifs is 8. The lowest BCUT2D eigenvalue weighted by Gasteiger charge is -2.30. The van der Waals surface area contributed by atoms with Gasteiger partial charge in [-0.15, -0.1) is 0 Å². The molecule has 1 fully saturated rings. The Morgan fingerprint density at radius 2 is 1.40 bits per heavy atom. The van der Waals surface area contributed by atoms with Gasteiger partial charge in [-0.3, -0.25) is 4.40 Å². The van der Waals surface area contributed by atoms with Gasteiger partial charge in [0.25, 0.3) is 0 Å². The van der Waals surface area contributed by atoms with E-state index in [9.17, 15) is 0 Å². The number of imidazole rings is 1. The second-order valence-electron chi connectivity index (χ2n) is 9.17. The Kier molecular flexibility index (Phi) is 3.46. The first-order valence-electron chi connectivity index (χ1n) is 10.4. The van der Waals surface area contributed by atoms with Gasteiger partial charge in [-0.2, -0.15) is 0 Å². The van der Waals surface area contributed by atoms with Crippen LogP contribution in [0.1, 0.15) is 39.5 Å². The van der Waals surface area contributed by atoms with Crippen molar-refractivity contribution in [1.82, 2.24) is 9.38 Å². The van der Waals surface area contributed by atoms with E-state index in [1.807, 2.05) is 6.07 Å². The molecule has 0 radical (unpaired) electrons. The number of hydrogen-bond donors (Lipinski definition) is 0. The number of ether oxygens (including phenoxy) is 2. The summed E-state index contributed by atoms with van der Waals surface area (Å²) in [5.74, 6) is 0. The number of para-hydroxylation sites is 2. The van der Waals surface area contributed by atoms with Crippen molar-refractivity contribution in [2.45, 2.75) is 45.2 Å². The van der Waals surface area contributed by atoms with Gasteiger partial charge < -0.3 is 9.47 Å². The van der Waals surface area contributed by atoms with Gasteiger partial charge in [0.05, 0.1) is 27.8 Å². The molecule has 0 atom stereocenters. The molecule has 3 aromatic carbocycles. The molecule has 30 heavy (non-hydrogen) atoms. The van der Waals surface area contributed by atoms with Crippen LogP contribution in [0.25, 0.3) is 38.4 Å². The molecular formula is C26H24N2O2. The summed E-state index contributed by atoms with van der Waals surface area (Å²) in [6.45, 7) is 8.35. The van der Waals surface area contributed by atoms with E-state index in [4.69, 9.17) is 14.5 Å². The van der Waals surface area contributed by atoms with Crippen molar-refractivity contribution in [2.75, 3.05) is 0 Å². The smallest absolute Gasteiger partial charge is 0.185 e. The minimum Gasteiger partial charge on any atom is -0.339 e. The Balaban J connectivity index is 1.69. The molecule has 1 aliphatic rings.